The van der Waals surface area contributed by atoms with Crippen molar-refractivity contribution in [2.75, 3.05) is 13.1 Å². The Morgan fingerprint density at radius 1 is 1.17 bits per heavy atom. The van der Waals surface area contributed by atoms with Crippen molar-refractivity contribution in [2.45, 2.75) is 13.8 Å². The van der Waals surface area contributed by atoms with E-state index in [1.54, 1.807) is 0 Å². The maximum Gasteiger partial charge on any atom is 0 e. The van der Waals surface area contributed by atoms with Gasteiger partial charge in [-0.3, -0.25) is 0 Å². The maximum atomic E-state index is 3.97. The van der Waals surface area contributed by atoms with Crippen LogP contribution in [-0.4, -0.2) is 13.1 Å². The minimum Gasteiger partial charge on any atom is -0.663 e. The number of hydrogen-bond donors (Lipinski definition) is 0. The normalized spacial score (nSPS) is 7.00. The van der Waals surface area contributed by atoms with E-state index in [4.69, 9.17) is 0 Å². The molecule has 0 aromatic rings. The van der Waals surface area contributed by atoms with Crippen LogP contribution in [-0.2, 0) is 0 Å². The van der Waals surface area contributed by atoms with E-state index in [1.807, 2.05) is 13.8 Å². The Morgan fingerprint density at radius 3 is 1.50 bits per heavy atom. The Hall–Kier alpha value is 1.34. The van der Waals surface area contributed by atoms with Gasteiger partial charge < -0.3 is 5.32 Å². The van der Waals surface area contributed by atoms with Crippen molar-refractivity contribution in [3.05, 3.63) is 5.32 Å². The van der Waals surface area contributed by atoms with Crippen LogP contribution in [0.2, 0.25) is 0 Å². The second-order valence-electron chi connectivity index (χ2n) is 0.856. The molecule has 2 heteroatoms. The van der Waals surface area contributed by atoms with Crippen LogP contribution in [0.25, 0.3) is 5.32 Å². The molecule has 0 rings (SSSR count). The fourth-order valence-electron chi connectivity index (χ4n) is 0.224. The van der Waals surface area contributed by atoms with Crippen molar-refractivity contribution in [1.82, 2.24) is 0 Å². The Kier molecular flexibility index (Phi) is 16.5. The van der Waals surface area contributed by atoms with E-state index >= 15 is 0 Å². The molecule has 0 spiro atoms. The summed E-state index contributed by atoms with van der Waals surface area (Å²) in [5, 5.41) is 3.97. The van der Waals surface area contributed by atoms with Gasteiger partial charge in [0, 0.05) is 41.7 Å². The predicted octanol–water partition coefficient (Wildman–Crippen LogP) is 1.40. The largest absolute Gasteiger partial charge is 0.663 e. The summed E-state index contributed by atoms with van der Waals surface area (Å²) in [6.07, 6.45) is 0. The van der Waals surface area contributed by atoms with E-state index in [-0.39, 0.29) is 41.7 Å². The van der Waals surface area contributed by atoms with Gasteiger partial charge in [-0.05, 0) is 0 Å². The van der Waals surface area contributed by atoms with Crippen LogP contribution in [0.3, 0.4) is 0 Å². The molecule has 0 aliphatic carbocycles. The molecule has 36 valence electrons. The molecular formula is C4H10CeN-. The maximum absolute atomic E-state index is 3.97. The molecule has 0 unspecified atom stereocenters. The van der Waals surface area contributed by atoms with Gasteiger partial charge in [0.2, 0.25) is 0 Å². The summed E-state index contributed by atoms with van der Waals surface area (Å²) >= 11 is 0. The molecule has 0 saturated carbocycles. The molecular weight excluding hydrogens is 202 g/mol. The van der Waals surface area contributed by atoms with E-state index < -0.39 is 0 Å². The van der Waals surface area contributed by atoms with Crippen molar-refractivity contribution in [3.63, 3.8) is 0 Å². The summed E-state index contributed by atoms with van der Waals surface area (Å²) in [7, 11) is 0. The first-order valence-electron chi connectivity index (χ1n) is 2.05. The zero-order valence-electron chi connectivity index (χ0n) is 4.36. The predicted molar refractivity (Wildman–Crippen MR) is 24.4 cm³/mol. The number of rotatable bonds is 2. The molecule has 0 aromatic heterocycles. The van der Waals surface area contributed by atoms with Crippen LogP contribution < -0.4 is 0 Å². The topological polar surface area (TPSA) is 14.1 Å². The zero-order valence-corrected chi connectivity index (χ0v) is 7.50. The second-order valence-corrected chi connectivity index (χ2v) is 0.856. The van der Waals surface area contributed by atoms with Gasteiger partial charge >= 0.3 is 0 Å². The molecule has 6 heavy (non-hydrogen) atoms. The third kappa shape index (κ3) is 9.01. The van der Waals surface area contributed by atoms with Gasteiger partial charge in [0.1, 0.15) is 0 Å². The first-order chi connectivity index (χ1) is 2.41. The van der Waals surface area contributed by atoms with Gasteiger partial charge in [-0.2, -0.15) is 13.1 Å². The van der Waals surface area contributed by atoms with Crippen molar-refractivity contribution in [1.29, 1.82) is 0 Å². The fraction of sp³-hybridized carbons (Fsp3) is 1.00. The molecule has 0 aliphatic heterocycles. The smallest absolute Gasteiger partial charge is 0 e. The molecule has 0 fully saturated rings. The first-order valence-corrected chi connectivity index (χ1v) is 2.05. The summed E-state index contributed by atoms with van der Waals surface area (Å²) in [5.41, 5.74) is 0. The third-order valence-electron chi connectivity index (χ3n) is 0.447. The summed E-state index contributed by atoms with van der Waals surface area (Å²) < 4.78 is 0. The average molecular weight is 212 g/mol. The molecule has 0 atom stereocenters. The fourth-order valence-corrected chi connectivity index (χ4v) is 0.224. The van der Waals surface area contributed by atoms with Crippen molar-refractivity contribution in [3.8, 4) is 0 Å². The van der Waals surface area contributed by atoms with E-state index in [1.165, 1.54) is 0 Å². The van der Waals surface area contributed by atoms with Gasteiger partial charge in [-0.25, -0.2) is 0 Å². The Balaban J connectivity index is 0. The Labute approximate surface area is 73.3 Å². The van der Waals surface area contributed by atoms with Crippen LogP contribution in [0, 0.1) is 41.7 Å². The standard InChI is InChI=1S/C4H10N.Ce/c1-3-5-4-2;/h3-4H2,1-2H3;/q-1;. The molecule has 0 saturated heterocycles. The van der Waals surface area contributed by atoms with Crippen LogP contribution >= 0.6 is 0 Å². The van der Waals surface area contributed by atoms with E-state index in [2.05, 4.69) is 5.32 Å². The number of hydrogen-bond acceptors (Lipinski definition) is 0. The van der Waals surface area contributed by atoms with Gasteiger partial charge in [-0.1, -0.05) is 13.8 Å². The van der Waals surface area contributed by atoms with Crippen molar-refractivity contribution >= 4 is 0 Å². The molecule has 0 aromatic carbocycles. The molecule has 0 aliphatic rings. The third-order valence-corrected chi connectivity index (χ3v) is 0.447. The summed E-state index contributed by atoms with van der Waals surface area (Å²) in [6.45, 7) is 6.03. The van der Waals surface area contributed by atoms with Gasteiger partial charge in [0.05, 0.1) is 0 Å². The minimum atomic E-state index is 0. The molecule has 0 heterocycles. The van der Waals surface area contributed by atoms with E-state index in [0.29, 0.717) is 0 Å². The molecule has 0 N–H and O–H groups in total. The van der Waals surface area contributed by atoms with Crippen molar-refractivity contribution < 1.29 is 41.7 Å². The second kappa shape index (κ2) is 9.60. The molecule has 0 radical (unpaired) electrons. The summed E-state index contributed by atoms with van der Waals surface area (Å²) in [4.78, 5) is 0. The van der Waals surface area contributed by atoms with Crippen LogP contribution in [0.1, 0.15) is 13.8 Å². The van der Waals surface area contributed by atoms with Crippen LogP contribution in [0.5, 0.6) is 0 Å². The van der Waals surface area contributed by atoms with E-state index in [9.17, 15) is 0 Å². The quantitative estimate of drug-likeness (QED) is 0.657. The molecule has 1 nitrogen and oxygen atoms in total. The first kappa shape index (κ1) is 10.3. The minimum absolute atomic E-state index is 0. The Bertz CT molecular complexity index is 15.0. The van der Waals surface area contributed by atoms with Crippen LogP contribution in [0.4, 0.5) is 0 Å². The Morgan fingerprint density at radius 2 is 1.50 bits per heavy atom. The number of nitrogens with zero attached hydrogens (tertiary/aromatic N) is 1. The van der Waals surface area contributed by atoms with Crippen molar-refractivity contribution in [2.24, 2.45) is 0 Å². The zero-order chi connectivity index (χ0) is 4.12. The SMILES string of the molecule is CC[N-]CC.[Ce]. The van der Waals surface area contributed by atoms with E-state index in [0.717, 1.165) is 13.1 Å². The van der Waals surface area contributed by atoms with Gasteiger partial charge in [0.15, 0.2) is 0 Å². The molecule has 0 bridgehead atoms. The molecule has 0 amide bonds. The average Bonchev–Trinajstić information content (AvgIpc) is 1.41. The summed E-state index contributed by atoms with van der Waals surface area (Å²) in [6, 6.07) is 0. The summed E-state index contributed by atoms with van der Waals surface area (Å²) in [5.74, 6) is 0. The van der Waals surface area contributed by atoms with Gasteiger partial charge in [-0.15, -0.1) is 0 Å². The monoisotopic (exact) mass is 212 g/mol. The van der Waals surface area contributed by atoms with Gasteiger partial charge in [0.25, 0.3) is 0 Å². The van der Waals surface area contributed by atoms with Crippen LogP contribution in [0.15, 0.2) is 0 Å².